The van der Waals surface area contributed by atoms with Crippen LogP contribution in [0.15, 0.2) is 30.7 Å². The maximum Gasteiger partial charge on any atom is 0.0966 e. The molecule has 1 fully saturated rings. The molecule has 0 amide bonds. The number of pyridine rings is 2. The van der Waals surface area contributed by atoms with Crippen molar-refractivity contribution in [2.24, 2.45) is 0 Å². The Labute approximate surface area is 101 Å². The molecule has 1 saturated heterocycles. The third-order valence-electron chi connectivity index (χ3n) is 3.60. The second kappa shape index (κ2) is 4.32. The molecule has 0 saturated carbocycles. The van der Waals surface area contributed by atoms with Crippen LogP contribution in [0.2, 0.25) is 0 Å². The molecule has 0 aromatic carbocycles. The van der Waals surface area contributed by atoms with Gasteiger partial charge in [0.15, 0.2) is 0 Å². The van der Waals surface area contributed by atoms with Crippen LogP contribution in [-0.2, 0) is 0 Å². The van der Waals surface area contributed by atoms with Gasteiger partial charge in [-0.1, -0.05) is 0 Å². The Balaban J connectivity index is 2.10. The van der Waals surface area contributed by atoms with E-state index in [0.717, 1.165) is 17.4 Å². The highest BCUT2D eigenvalue weighted by Crippen LogP contribution is 2.29. The van der Waals surface area contributed by atoms with Crippen LogP contribution in [0.1, 0.15) is 26.2 Å². The highest BCUT2D eigenvalue weighted by atomic mass is 15.2. The van der Waals surface area contributed by atoms with Gasteiger partial charge in [-0.05, 0) is 38.3 Å². The van der Waals surface area contributed by atoms with E-state index in [2.05, 4.69) is 27.9 Å². The Morgan fingerprint density at radius 1 is 1.29 bits per heavy atom. The van der Waals surface area contributed by atoms with Crippen molar-refractivity contribution < 1.29 is 0 Å². The summed E-state index contributed by atoms with van der Waals surface area (Å²) in [4.78, 5) is 11.3. The molecule has 2 aromatic rings. The van der Waals surface area contributed by atoms with E-state index in [1.807, 2.05) is 24.7 Å². The first-order valence-corrected chi connectivity index (χ1v) is 6.31. The monoisotopic (exact) mass is 227 g/mol. The molecule has 1 atom stereocenters. The predicted octanol–water partition coefficient (Wildman–Crippen LogP) is 3.01. The summed E-state index contributed by atoms with van der Waals surface area (Å²) in [7, 11) is 0. The number of aromatic nitrogens is 2. The van der Waals surface area contributed by atoms with Crippen LogP contribution in [-0.4, -0.2) is 22.6 Å². The van der Waals surface area contributed by atoms with E-state index in [4.69, 9.17) is 0 Å². The van der Waals surface area contributed by atoms with E-state index in [9.17, 15) is 0 Å². The van der Waals surface area contributed by atoms with E-state index in [0.29, 0.717) is 6.04 Å². The summed E-state index contributed by atoms with van der Waals surface area (Å²) < 4.78 is 0. The van der Waals surface area contributed by atoms with Crippen LogP contribution in [0, 0.1) is 0 Å². The topological polar surface area (TPSA) is 29.0 Å². The molecule has 3 heteroatoms. The lowest BCUT2D eigenvalue weighted by Gasteiger charge is -2.35. The zero-order valence-corrected chi connectivity index (χ0v) is 10.1. The van der Waals surface area contributed by atoms with Gasteiger partial charge in [-0.15, -0.1) is 0 Å². The molecule has 2 aromatic heterocycles. The van der Waals surface area contributed by atoms with Crippen molar-refractivity contribution in [3.05, 3.63) is 30.7 Å². The Hall–Kier alpha value is -1.64. The molecular weight excluding hydrogens is 210 g/mol. The molecule has 0 aliphatic carbocycles. The van der Waals surface area contributed by atoms with Crippen molar-refractivity contribution >= 4 is 16.6 Å². The molecule has 0 radical (unpaired) electrons. The van der Waals surface area contributed by atoms with Crippen LogP contribution in [0.25, 0.3) is 10.9 Å². The van der Waals surface area contributed by atoms with Gasteiger partial charge in [0.1, 0.15) is 0 Å². The van der Waals surface area contributed by atoms with Crippen molar-refractivity contribution in [3.8, 4) is 0 Å². The van der Waals surface area contributed by atoms with Crippen molar-refractivity contribution in [3.63, 3.8) is 0 Å². The zero-order valence-electron chi connectivity index (χ0n) is 10.1. The average molecular weight is 227 g/mol. The van der Waals surface area contributed by atoms with Gasteiger partial charge in [0.05, 0.1) is 17.4 Å². The fraction of sp³-hybridized carbons (Fsp3) is 0.429. The fourth-order valence-electron chi connectivity index (χ4n) is 2.65. The summed E-state index contributed by atoms with van der Waals surface area (Å²) in [6.45, 7) is 3.42. The molecule has 3 heterocycles. The lowest BCUT2D eigenvalue weighted by Crippen LogP contribution is -2.37. The maximum atomic E-state index is 4.51. The van der Waals surface area contributed by atoms with Crippen molar-refractivity contribution in [2.75, 3.05) is 11.4 Å². The van der Waals surface area contributed by atoms with Gasteiger partial charge < -0.3 is 4.90 Å². The number of hydrogen-bond acceptors (Lipinski definition) is 3. The second-order valence-corrected chi connectivity index (χ2v) is 4.77. The van der Waals surface area contributed by atoms with Crippen LogP contribution in [0.4, 0.5) is 5.69 Å². The quantitative estimate of drug-likeness (QED) is 0.750. The second-order valence-electron chi connectivity index (χ2n) is 4.77. The van der Waals surface area contributed by atoms with E-state index in [-0.39, 0.29) is 0 Å². The molecule has 1 unspecified atom stereocenters. The van der Waals surface area contributed by atoms with E-state index in [1.54, 1.807) is 0 Å². The Bertz CT molecular complexity index is 518. The number of fused-ring (bicyclic) bond motifs is 1. The molecule has 3 nitrogen and oxygen atoms in total. The third-order valence-corrected chi connectivity index (χ3v) is 3.60. The molecule has 1 aliphatic heterocycles. The maximum absolute atomic E-state index is 4.51. The normalized spacial score (nSPS) is 20.8. The van der Waals surface area contributed by atoms with Crippen molar-refractivity contribution in [1.29, 1.82) is 0 Å². The van der Waals surface area contributed by atoms with E-state index < -0.39 is 0 Å². The predicted molar refractivity (Wildman–Crippen MR) is 70.2 cm³/mol. The first-order chi connectivity index (χ1) is 8.36. The summed E-state index contributed by atoms with van der Waals surface area (Å²) in [5.41, 5.74) is 2.27. The largest absolute Gasteiger partial charge is 0.366 e. The summed E-state index contributed by atoms with van der Waals surface area (Å²) in [6.07, 6.45) is 9.58. The van der Waals surface area contributed by atoms with E-state index in [1.165, 1.54) is 24.9 Å². The first-order valence-electron chi connectivity index (χ1n) is 6.31. The fourth-order valence-corrected chi connectivity index (χ4v) is 2.65. The average Bonchev–Trinajstić information content (AvgIpc) is 2.39. The van der Waals surface area contributed by atoms with Crippen molar-refractivity contribution in [2.45, 2.75) is 32.2 Å². The van der Waals surface area contributed by atoms with Gasteiger partial charge in [0.25, 0.3) is 0 Å². The number of rotatable bonds is 1. The van der Waals surface area contributed by atoms with Crippen LogP contribution >= 0.6 is 0 Å². The highest BCUT2D eigenvalue weighted by molar-refractivity contribution is 5.89. The molecule has 0 N–H and O–H groups in total. The third kappa shape index (κ3) is 1.86. The van der Waals surface area contributed by atoms with Gasteiger partial charge in [-0.25, -0.2) is 0 Å². The minimum atomic E-state index is 0.596. The number of piperidine rings is 1. The van der Waals surface area contributed by atoms with Crippen molar-refractivity contribution in [1.82, 2.24) is 9.97 Å². The molecule has 1 aliphatic rings. The molecule has 3 rings (SSSR count). The van der Waals surface area contributed by atoms with Crippen LogP contribution in [0.5, 0.6) is 0 Å². The molecule has 88 valence electrons. The number of hydrogen-bond donors (Lipinski definition) is 0. The lowest BCUT2D eigenvalue weighted by molar-refractivity contribution is 0.485. The molecule has 17 heavy (non-hydrogen) atoms. The van der Waals surface area contributed by atoms with Gasteiger partial charge in [0, 0.05) is 30.4 Å². The van der Waals surface area contributed by atoms with Gasteiger partial charge >= 0.3 is 0 Å². The molecular formula is C14H17N3. The smallest absolute Gasteiger partial charge is 0.0966 e. The highest BCUT2D eigenvalue weighted by Gasteiger charge is 2.20. The number of anilines is 1. The zero-order chi connectivity index (χ0) is 11.7. The van der Waals surface area contributed by atoms with E-state index >= 15 is 0 Å². The molecule has 0 bridgehead atoms. The minimum absolute atomic E-state index is 0.596. The lowest BCUT2D eigenvalue weighted by atomic mass is 10.0. The van der Waals surface area contributed by atoms with Gasteiger partial charge in [-0.2, -0.15) is 0 Å². The SMILES string of the molecule is CC1CCCCN1c1cncc2cccnc12. The molecule has 0 spiro atoms. The Morgan fingerprint density at radius 3 is 3.12 bits per heavy atom. The first kappa shape index (κ1) is 10.5. The summed E-state index contributed by atoms with van der Waals surface area (Å²) in [6, 6.07) is 4.64. The van der Waals surface area contributed by atoms with Crippen LogP contribution < -0.4 is 4.90 Å². The minimum Gasteiger partial charge on any atom is -0.366 e. The van der Waals surface area contributed by atoms with Gasteiger partial charge in [-0.3, -0.25) is 9.97 Å². The summed E-state index contributed by atoms with van der Waals surface area (Å²) in [5.74, 6) is 0. The summed E-state index contributed by atoms with van der Waals surface area (Å²) in [5, 5.41) is 1.13. The Morgan fingerprint density at radius 2 is 2.24 bits per heavy atom. The standard InChI is InChI=1S/C14H17N3/c1-11-5-2-3-8-17(11)13-10-15-9-12-6-4-7-16-14(12)13/h4,6-7,9-11H,2-3,5,8H2,1H3. The Kier molecular flexibility index (Phi) is 2.67. The van der Waals surface area contributed by atoms with Gasteiger partial charge in [0.2, 0.25) is 0 Å². The number of nitrogens with zero attached hydrogens (tertiary/aromatic N) is 3. The van der Waals surface area contributed by atoms with Crippen LogP contribution in [0.3, 0.4) is 0 Å². The summed E-state index contributed by atoms with van der Waals surface area (Å²) >= 11 is 0.